The molecule has 1 aromatic carbocycles. The summed E-state index contributed by atoms with van der Waals surface area (Å²) in [4.78, 5) is 9.78. The van der Waals surface area contributed by atoms with E-state index in [2.05, 4.69) is 0 Å². The predicted octanol–water partition coefficient (Wildman–Crippen LogP) is 3.09. The maximum Gasteiger partial charge on any atom is 0.501 e. The first-order valence-electron chi connectivity index (χ1n) is 5.86. The summed E-state index contributed by atoms with van der Waals surface area (Å²) in [7, 11) is -5.83. The summed E-state index contributed by atoms with van der Waals surface area (Å²) >= 11 is 0. The third kappa shape index (κ3) is 3.52. The van der Waals surface area contributed by atoms with E-state index in [0.717, 1.165) is 12.1 Å². The standard InChI is InChI=1S/C12H12F4O4S/c1-2-3-9(11(17)18)8-5-4-7(13)6-10(8)21(19,20)12(14,15)16/h4-6,9H,2-3H2,1H3,(H,17,18). The van der Waals surface area contributed by atoms with E-state index in [1.165, 1.54) is 0 Å². The summed E-state index contributed by atoms with van der Waals surface area (Å²) in [5, 5.41) is 9.05. The molecule has 21 heavy (non-hydrogen) atoms. The third-order valence-electron chi connectivity index (χ3n) is 2.82. The fourth-order valence-corrected chi connectivity index (χ4v) is 2.89. The highest BCUT2D eigenvalue weighted by atomic mass is 32.2. The smallest absolute Gasteiger partial charge is 0.481 e. The molecule has 0 aliphatic rings. The summed E-state index contributed by atoms with van der Waals surface area (Å²) in [5.74, 6) is -4.12. The van der Waals surface area contributed by atoms with Gasteiger partial charge in [0.2, 0.25) is 0 Å². The number of hydrogen-bond acceptors (Lipinski definition) is 3. The van der Waals surface area contributed by atoms with Crippen molar-refractivity contribution >= 4 is 15.8 Å². The highest BCUT2D eigenvalue weighted by Gasteiger charge is 2.48. The Kier molecular flexibility index (Phi) is 4.98. The van der Waals surface area contributed by atoms with Crippen molar-refractivity contribution in [2.45, 2.75) is 36.1 Å². The Morgan fingerprint density at radius 2 is 1.90 bits per heavy atom. The van der Waals surface area contributed by atoms with Crippen molar-refractivity contribution in [3.8, 4) is 0 Å². The van der Waals surface area contributed by atoms with Gasteiger partial charge < -0.3 is 5.11 Å². The molecule has 0 heterocycles. The summed E-state index contributed by atoms with van der Waals surface area (Å²) < 4.78 is 74.0. The molecule has 0 saturated carbocycles. The molecule has 1 rings (SSSR count). The van der Waals surface area contributed by atoms with Gasteiger partial charge >= 0.3 is 11.5 Å². The number of rotatable bonds is 5. The number of carboxylic acids is 1. The summed E-state index contributed by atoms with van der Waals surface area (Å²) in [6, 6.07) is 1.70. The average molecular weight is 328 g/mol. The lowest BCUT2D eigenvalue weighted by molar-refractivity contribution is -0.139. The molecular formula is C12H12F4O4S. The van der Waals surface area contributed by atoms with Gasteiger partial charge in [-0.2, -0.15) is 13.2 Å². The second-order valence-electron chi connectivity index (χ2n) is 4.31. The van der Waals surface area contributed by atoms with Gasteiger partial charge in [-0.1, -0.05) is 19.4 Å². The lowest BCUT2D eigenvalue weighted by atomic mass is 9.94. The van der Waals surface area contributed by atoms with Crippen molar-refractivity contribution in [2.24, 2.45) is 0 Å². The van der Waals surface area contributed by atoms with Crippen molar-refractivity contribution in [1.82, 2.24) is 0 Å². The lowest BCUT2D eigenvalue weighted by Crippen LogP contribution is -2.26. The Bertz CT molecular complexity index is 637. The van der Waals surface area contributed by atoms with Crippen LogP contribution in [0.3, 0.4) is 0 Å². The minimum Gasteiger partial charge on any atom is -0.481 e. The van der Waals surface area contributed by atoms with Gasteiger partial charge in [-0.25, -0.2) is 12.8 Å². The Labute approximate surface area is 118 Å². The zero-order valence-electron chi connectivity index (χ0n) is 10.8. The van der Waals surface area contributed by atoms with Crippen LogP contribution in [-0.2, 0) is 14.6 Å². The normalized spacial score (nSPS) is 14.0. The van der Waals surface area contributed by atoms with Crippen LogP contribution < -0.4 is 0 Å². The number of benzene rings is 1. The molecule has 0 radical (unpaired) electrons. The Hall–Kier alpha value is -1.64. The summed E-state index contributed by atoms with van der Waals surface area (Å²) in [6.45, 7) is 1.59. The van der Waals surface area contributed by atoms with Crippen LogP contribution in [0.25, 0.3) is 0 Å². The molecular weight excluding hydrogens is 316 g/mol. The maximum absolute atomic E-state index is 13.1. The quantitative estimate of drug-likeness (QED) is 0.843. The molecule has 1 atom stereocenters. The van der Waals surface area contributed by atoms with Crippen LogP contribution in [-0.4, -0.2) is 25.0 Å². The minimum atomic E-state index is -5.83. The largest absolute Gasteiger partial charge is 0.501 e. The van der Waals surface area contributed by atoms with Crippen LogP contribution >= 0.6 is 0 Å². The highest BCUT2D eigenvalue weighted by Crippen LogP contribution is 2.36. The van der Waals surface area contributed by atoms with Crippen LogP contribution in [0.2, 0.25) is 0 Å². The van der Waals surface area contributed by atoms with Crippen LogP contribution in [0.4, 0.5) is 17.6 Å². The van der Waals surface area contributed by atoms with E-state index >= 15 is 0 Å². The Balaban J connectivity index is 3.60. The molecule has 118 valence electrons. The molecule has 1 N–H and O–H groups in total. The zero-order chi connectivity index (χ0) is 16.4. The zero-order valence-corrected chi connectivity index (χ0v) is 11.6. The van der Waals surface area contributed by atoms with Crippen LogP contribution in [0.1, 0.15) is 31.2 Å². The molecule has 0 aliphatic heterocycles. The van der Waals surface area contributed by atoms with Gasteiger partial charge in [0.15, 0.2) is 0 Å². The second-order valence-corrected chi connectivity index (χ2v) is 6.22. The summed E-state index contributed by atoms with van der Waals surface area (Å²) in [6.07, 6.45) is 0.237. The van der Waals surface area contributed by atoms with E-state index in [0.29, 0.717) is 6.42 Å². The van der Waals surface area contributed by atoms with Crippen molar-refractivity contribution in [3.05, 3.63) is 29.6 Å². The van der Waals surface area contributed by atoms with Gasteiger partial charge in [0.25, 0.3) is 9.84 Å². The lowest BCUT2D eigenvalue weighted by Gasteiger charge is -2.17. The van der Waals surface area contributed by atoms with Gasteiger partial charge in [0, 0.05) is 0 Å². The first-order chi connectivity index (χ1) is 9.52. The number of alkyl halides is 3. The molecule has 9 heteroatoms. The fraction of sp³-hybridized carbons (Fsp3) is 0.417. The van der Waals surface area contributed by atoms with E-state index in [-0.39, 0.29) is 12.5 Å². The topological polar surface area (TPSA) is 71.4 Å². The van der Waals surface area contributed by atoms with Gasteiger partial charge in [-0.15, -0.1) is 0 Å². The van der Waals surface area contributed by atoms with Gasteiger partial charge in [-0.05, 0) is 24.1 Å². The molecule has 0 saturated heterocycles. The number of sulfone groups is 1. The molecule has 0 spiro atoms. The maximum atomic E-state index is 13.1. The second kappa shape index (κ2) is 6.00. The molecule has 0 aromatic heterocycles. The number of halogens is 4. The van der Waals surface area contributed by atoms with Gasteiger partial charge in [0.1, 0.15) is 5.82 Å². The van der Waals surface area contributed by atoms with E-state index in [1.807, 2.05) is 0 Å². The predicted molar refractivity (Wildman–Crippen MR) is 64.9 cm³/mol. The van der Waals surface area contributed by atoms with Crippen LogP contribution in [0, 0.1) is 5.82 Å². The monoisotopic (exact) mass is 328 g/mol. The summed E-state index contributed by atoms with van der Waals surface area (Å²) in [5.41, 5.74) is -6.20. The molecule has 4 nitrogen and oxygen atoms in total. The van der Waals surface area contributed by atoms with Crippen molar-refractivity contribution < 1.29 is 35.9 Å². The van der Waals surface area contributed by atoms with E-state index in [9.17, 15) is 30.8 Å². The van der Waals surface area contributed by atoms with Crippen LogP contribution in [0.15, 0.2) is 23.1 Å². The first kappa shape index (κ1) is 17.4. The van der Waals surface area contributed by atoms with Gasteiger partial charge in [-0.3, -0.25) is 4.79 Å². The van der Waals surface area contributed by atoms with E-state index < -0.39 is 43.5 Å². The van der Waals surface area contributed by atoms with Crippen molar-refractivity contribution in [1.29, 1.82) is 0 Å². The molecule has 0 amide bonds. The molecule has 0 bridgehead atoms. The first-order valence-corrected chi connectivity index (χ1v) is 7.34. The third-order valence-corrected chi connectivity index (χ3v) is 4.36. The van der Waals surface area contributed by atoms with Crippen molar-refractivity contribution in [2.75, 3.05) is 0 Å². The van der Waals surface area contributed by atoms with Crippen LogP contribution in [0.5, 0.6) is 0 Å². The highest BCUT2D eigenvalue weighted by molar-refractivity contribution is 7.92. The fourth-order valence-electron chi connectivity index (χ4n) is 1.85. The number of carbonyl (C=O) groups is 1. The van der Waals surface area contributed by atoms with E-state index in [1.54, 1.807) is 6.92 Å². The average Bonchev–Trinajstić information content (AvgIpc) is 2.34. The molecule has 0 fully saturated rings. The van der Waals surface area contributed by atoms with Gasteiger partial charge in [0.05, 0.1) is 10.8 Å². The molecule has 0 aliphatic carbocycles. The Morgan fingerprint density at radius 3 is 2.33 bits per heavy atom. The number of carboxylic acid groups (broad SMARTS) is 1. The van der Waals surface area contributed by atoms with Crippen molar-refractivity contribution in [3.63, 3.8) is 0 Å². The number of hydrogen-bond donors (Lipinski definition) is 1. The Morgan fingerprint density at radius 1 is 1.33 bits per heavy atom. The number of aliphatic carboxylic acids is 1. The van der Waals surface area contributed by atoms with E-state index in [4.69, 9.17) is 5.11 Å². The molecule has 1 unspecified atom stereocenters. The molecule has 1 aromatic rings. The SMILES string of the molecule is CCCC(C(=O)O)c1ccc(F)cc1S(=O)(=O)C(F)(F)F. The minimum absolute atomic E-state index is 0.0681.